The van der Waals surface area contributed by atoms with E-state index in [-0.39, 0.29) is 17.0 Å². The van der Waals surface area contributed by atoms with Gasteiger partial charge in [-0.15, -0.1) is 0 Å². The first-order valence-corrected chi connectivity index (χ1v) is 8.37. The second-order valence-corrected chi connectivity index (χ2v) is 6.26. The third-order valence-corrected chi connectivity index (χ3v) is 4.53. The van der Waals surface area contributed by atoms with E-state index in [1.807, 2.05) is 12.1 Å². The lowest BCUT2D eigenvalue weighted by molar-refractivity contribution is -0.137. The van der Waals surface area contributed by atoms with Gasteiger partial charge < -0.3 is 0 Å². The molecule has 0 unspecified atom stereocenters. The molecule has 0 atom stereocenters. The number of rotatable bonds is 3. The lowest BCUT2D eigenvalue weighted by atomic mass is 10.0. The number of anilines is 1. The molecule has 1 aliphatic carbocycles. The Balaban J connectivity index is 1.56. The lowest BCUT2D eigenvalue weighted by Crippen LogP contribution is -2.30. The number of fused-ring (bicyclic) bond motifs is 3. The van der Waals surface area contributed by atoms with Gasteiger partial charge in [0.25, 0.3) is 5.91 Å². The fourth-order valence-corrected chi connectivity index (χ4v) is 3.20. The van der Waals surface area contributed by atoms with Crippen LogP contribution in [-0.4, -0.2) is 11.7 Å². The number of nitrogens with one attached hydrogen (secondary N) is 2. The summed E-state index contributed by atoms with van der Waals surface area (Å²) in [5, 5.41) is 0. The van der Waals surface area contributed by atoms with E-state index in [0.717, 1.165) is 17.2 Å². The molecular weight excluding hydrogens is 369 g/mol. The molecule has 3 aromatic carbocycles. The summed E-state index contributed by atoms with van der Waals surface area (Å²) in [5.74, 6) is -0.834. The topological polar surface area (TPSA) is 58.2 Å². The van der Waals surface area contributed by atoms with Crippen molar-refractivity contribution in [3.8, 4) is 11.1 Å². The molecule has 0 aromatic heterocycles. The fraction of sp³-hybridized carbons (Fsp3) is 0.0476. The lowest BCUT2D eigenvalue weighted by Gasteiger charge is -2.15. The van der Waals surface area contributed by atoms with Gasteiger partial charge in [-0.05, 0) is 35.4 Å². The van der Waals surface area contributed by atoms with Crippen LogP contribution < -0.4 is 10.9 Å². The summed E-state index contributed by atoms with van der Waals surface area (Å²) in [7, 11) is 0. The van der Waals surface area contributed by atoms with E-state index in [1.165, 1.54) is 30.3 Å². The first-order valence-electron chi connectivity index (χ1n) is 8.37. The second kappa shape index (κ2) is 6.53. The van der Waals surface area contributed by atoms with E-state index in [2.05, 4.69) is 10.9 Å². The van der Waals surface area contributed by atoms with Crippen molar-refractivity contribution in [1.82, 2.24) is 5.43 Å². The predicted molar refractivity (Wildman–Crippen MR) is 97.8 cm³/mol. The summed E-state index contributed by atoms with van der Waals surface area (Å²) >= 11 is 0. The summed E-state index contributed by atoms with van der Waals surface area (Å²) in [6, 6.07) is 16.6. The average molecular weight is 382 g/mol. The molecule has 7 heteroatoms. The number of hydrogen-bond donors (Lipinski definition) is 2. The number of benzene rings is 3. The van der Waals surface area contributed by atoms with Crippen LogP contribution in [0.4, 0.5) is 18.9 Å². The van der Waals surface area contributed by atoms with Crippen LogP contribution in [0.1, 0.15) is 31.8 Å². The van der Waals surface area contributed by atoms with Gasteiger partial charge in [-0.1, -0.05) is 42.5 Å². The Labute approximate surface area is 158 Å². The Kier molecular flexibility index (Phi) is 4.15. The van der Waals surface area contributed by atoms with Crippen molar-refractivity contribution >= 4 is 17.4 Å². The number of ketones is 1. The molecule has 0 aliphatic heterocycles. The van der Waals surface area contributed by atoms with Gasteiger partial charge in [0.1, 0.15) is 0 Å². The number of amides is 1. The zero-order valence-electron chi connectivity index (χ0n) is 14.3. The summed E-state index contributed by atoms with van der Waals surface area (Å²) in [6.45, 7) is 0. The molecule has 2 N–H and O–H groups in total. The van der Waals surface area contributed by atoms with E-state index < -0.39 is 17.6 Å². The number of carbonyl (C=O) groups excluding carboxylic acids is 2. The van der Waals surface area contributed by atoms with Crippen LogP contribution in [-0.2, 0) is 6.18 Å². The second-order valence-electron chi connectivity index (χ2n) is 6.26. The van der Waals surface area contributed by atoms with E-state index in [9.17, 15) is 22.8 Å². The van der Waals surface area contributed by atoms with Crippen LogP contribution in [0.5, 0.6) is 0 Å². The molecule has 1 aliphatic rings. The SMILES string of the molecule is O=C(NNc1ccccc1C(F)(F)F)c1ccc2c(c1)C(=O)c1ccccc1-2. The van der Waals surface area contributed by atoms with Gasteiger partial charge in [0.05, 0.1) is 11.3 Å². The summed E-state index contributed by atoms with van der Waals surface area (Å²) < 4.78 is 39.1. The Morgan fingerprint density at radius 3 is 2.18 bits per heavy atom. The molecule has 0 saturated heterocycles. The van der Waals surface area contributed by atoms with Crippen molar-refractivity contribution in [2.45, 2.75) is 6.18 Å². The van der Waals surface area contributed by atoms with Gasteiger partial charge in [0.15, 0.2) is 5.78 Å². The van der Waals surface area contributed by atoms with E-state index in [1.54, 1.807) is 18.2 Å². The molecule has 4 rings (SSSR count). The van der Waals surface area contributed by atoms with E-state index in [0.29, 0.717) is 11.1 Å². The Hall–Kier alpha value is -3.61. The minimum absolute atomic E-state index is 0.164. The van der Waals surface area contributed by atoms with Crippen LogP contribution in [0.3, 0.4) is 0 Å². The van der Waals surface area contributed by atoms with Crippen LogP contribution in [0.2, 0.25) is 0 Å². The first-order chi connectivity index (χ1) is 13.4. The number of hydrogen-bond acceptors (Lipinski definition) is 3. The smallest absolute Gasteiger partial charge is 0.298 e. The first kappa shape index (κ1) is 17.8. The Bertz CT molecular complexity index is 1110. The highest BCUT2D eigenvalue weighted by atomic mass is 19.4. The van der Waals surface area contributed by atoms with Crippen molar-refractivity contribution in [3.05, 3.63) is 89.0 Å². The standard InChI is InChI=1S/C21H13F3N2O2/c22-21(23,24)17-7-3-4-8-18(17)25-26-20(28)12-9-10-14-13-5-1-2-6-15(13)19(27)16(14)11-12/h1-11,25H,(H,26,28). The van der Waals surface area contributed by atoms with Crippen molar-refractivity contribution in [3.63, 3.8) is 0 Å². The van der Waals surface area contributed by atoms with Crippen molar-refractivity contribution in [1.29, 1.82) is 0 Å². The maximum atomic E-state index is 13.0. The quantitative estimate of drug-likeness (QED) is 0.506. The van der Waals surface area contributed by atoms with Gasteiger partial charge in [-0.2, -0.15) is 13.2 Å². The largest absolute Gasteiger partial charge is 0.418 e. The van der Waals surface area contributed by atoms with Crippen LogP contribution in [0.25, 0.3) is 11.1 Å². The highest BCUT2D eigenvalue weighted by Gasteiger charge is 2.33. The van der Waals surface area contributed by atoms with E-state index >= 15 is 0 Å². The molecule has 0 bridgehead atoms. The number of hydrazine groups is 1. The molecule has 0 fully saturated rings. The minimum atomic E-state index is -4.56. The number of alkyl halides is 3. The maximum absolute atomic E-state index is 13.0. The third-order valence-electron chi connectivity index (χ3n) is 4.53. The predicted octanol–water partition coefficient (Wildman–Crippen LogP) is 4.67. The van der Waals surface area contributed by atoms with Crippen molar-refractivity contribution in [2.24, 2.45) is 0 Å². The molecule has 28 heavy (non-hydrogen) atoms. The van der Waals surface area contributed by atoms with Gasteiger partial charge >= 0.3 is 6.18 Å². The molecule has 3 aromatic rings. The summed E-state index contributed by atoms with van der Waals surface area (Å²) in [5.41, 5.74) is 6.05. The summed E-state index contributed by atoms with van der Waals surface area (Å²) in [6.07, 6.45) is -4.56. The number of halogens is 3. The zero-order valence-corrected chi connectivity index (χ0v) is 14.3. The highest BCUT2D eigenvalue weighted by Crippen LogP contribution is 2.37. The van der Waals surface area contributed by atoms with Crippen LogP contribution in [0, 0.1) is 0 Å². The van der Waals surface area contributed by atoms with E-state index in [4.69, 9.17) is 0 Å². The zero-order chi connectivity index (χ0) is 19.9. The molecule has 0 saturated carbocycles. The summed E-state index contributed by atoms with van der Waals surface area (Å²) in [4.78, 5) is 24.9. The van der Waals surface area contributed by atoms with Crippen molar-refractivity contribution in [2.75, 3.05) is 5.43 Å². The third kappa shape index (κ3) is 3.00. The number of para-hydroxylation sites is 1. The molecular formula is C21H13F3N2O2. The fourth-order valence-electron chi connectivity index (χ4n) is 3.20. The van der Waals surface area contributed by atoms with Gasteiger partial charge in [-0.25, -0.2) is 0 Å². The molecule has 4 nitrogen and oxygen atoms in total. The maximum Gasteiger partial charge on any atom is 0.418 e. The molecule has 1 amide bonds. The molecule has 0 heterocycles. The highest BCUT2D eigenvalue weighted by molar-refractivity contribution is 6.22. The van der Waals surface area contributed by atoms with Crippen LogP contribution in [0.15, 0.2) is 66.7 Å². The normalized spacial score (nSPS) is 12.3. The van der Waals surface area contributed by atoms with Crippen molar-refractivity contribution < 1.29 is 22.8 Å². The molecule has 140 valence electrons. The molecule has 0 spiro atoms. The van der Waals surface area contributed by atoms with Gasteiger partial charge in [0, 0.05) is 16.7 Å². The monoisotopic (exact) mass is 382 g/mol. The van der Waals surface area contributed by atoms with Gasteiger partial charge in [-0.3, -0.25) is 20.4 Å². The Morgan fingerprint density at radius 1 is 0.786 bits per heavy atom. The molecule has 0 radical (unpaired) electrons. The average Bonchev–Trinajstić information content (AvgIpc) is 2.98. The van der Waals surface area contributed by atoms with Crippen LogP contribution >= 0.6 is 0 Å². The Morgan fingerprint density at radius 2 is 1.43 bits per heavy atom. The van der Waals surface area contributed by atoms with Gasteiger partial charge in [0.2, 0.25) is 0 Å². The number of carbonyl (C=O) groups is 2. The minimum Gasteiger partial charge on any atom is -0.298 e.